The Morgan fingerprint density at radius 2 is 1.84 bits per heavy atom. The van der Waals surface area contributed by atoms with Gasteiger partial charge in [0.2, 0.25) is 5.91 Å². The molecule has 1 aromatic rings. The first-order valence-corrected chi connectivity index (χ1v) is 8.66. The maximum atomic E-state index is 12.4. The quantitative estimate of drug-likeness (QED) is 0.529. The van der Waals surface area contributed by atoms with Crippen LogP contribution in [0.5, 0.6) is 0 Å². The van der Waals surface area contributed by atoms with Gasteiger partial charge in [0, 0.05) is 18.5 Å². The van der Waals surface area contributed by atoms with Gasteiger partial charge in [0.15, 0.2) is 0 Å². The van der Waals surface area contributed by atoms with Crippen LogP contribution in [0.1, 0.15) is 49.5 Å². The minimum Gasteiger partial charge on any atom is -0.466 e. The lowest BCUT2D eigenvalue weighted by atomic mass is 10.0. The largest absolute Gasteiger partial charge is 0.466 e. The van der Waals surface area contributed by atoms with Crippen molar-refractivity contribution in [1.29, 1.82) is 0 Å². The van der Waals surface area contributed by atoms with Gasteiger partial charge in [-0.2, -0.15) is 0 Å². The molecule has 0 bridgehead atoms. The number of amides is 2. The van der Waals surface area contributed by atoms with Gasteiger partial charge >= 0.3 is 5.97 Å². The van der Waals surface area contributed by atoms with E-state index in [1.807, 2.05) is 32.9 Å². The zero-order valence-corrected chi connectivity index (χ0v) is 15.4. The molecule has 0 aromatic heterocycles. The highest BCUT2D eigenvalue weighted by Gasteiger charge is 2.24. The van der Waals surface area contributed by atoms with Crippen LogP contribution < -0.4 is 10.6 Å². The van der Waals surface area contributed by atoms with Crippen LogP contribution in [0.25, 0.3) is 0 Å². The summed E-state index contributed by atoms with van der Waals surface area (Å²) in [4.78, 5) is 36.1. The van der Waals surface area contributed by atoms with Crippen LogP contribution in [-0.4, -0.2) is 37.0 Å². The number of carbonyl (C=O) groups is 3. The molecule has 2 amide bonds. The van der Waals surface area contributed by atoms with Crippen LogP contribution >= 0.6 is 0 Å². The standard InChI is InChI=1S/C19H28N2O4/c1-5-25-16(22)11-8-12-20-19(24)17(13(2)3)21-18(23)15-10-7-6-9-14(15)4/h6-7,9-10,13,17H,5,8,11-12H2,1-4H3,(H,20,24)(H,21,23). The first kappa shape index (κ1) is 20.7. The molecule has 0 saturated heterocycles. The van der Waals surface area contributed by atoms with Crippen molar-refractivity contribution in [2.24, 2.45) is 5.92 Å². The third kappa shape index (κ3) is 6.95. The third-order valence-corrected chi connectivity index (χ3v) is 3.79. The highest BCUT2D eigenvalue weighted by Crippen LogP contribution is 2.09. The fraction of sp³-hybridized carbons (Fsp3) is 0.526. The Balaban J connectivity index is 2.55. The summed E-state index contributed by atoms with van der Waals surface area (Å²) in [5, 5.41) is 5.57. The van der Waals surface area contributed by atoms with E-state index < -0.39 is 6.04 Å². The molecule has 1 aromatic carbocycles. The summed E-state index contributed by atoms with van der Waals surface area (Å²) < 4.78 is 4.84. The Labute approximate surface area is 149 Å². The lowest BCUT2D eigenvalue weighted by Gasteiger charge is -2.22. The van der Waals surface area contributed by atoms with Gasteiger partial charge in [0.05, 0.1) is 6.61 Å². The number of esters is 1. The van der Waals surface area contributed by atoms with E-state index in [0.29, 0.717) is 25.1 Å². The molecule has 0 saturated carbocycles. The van der Waals surface area contributed by atoms with E-state index >= 15 is 0 Å². The van der Waals surface area contributed by atoms with E-state index in [-0.39, 0.29) is 30.1 Å². The first-order valence-electron chi connectivity index (χ1n) is 8.66. The van der Waals surface area contributed by atoms with Crippen molar-refractivity contribution in [2.45, 2.75) is 46.6 Å². The van der Waals surface area contributed by atoms with Crippen molar-refractivity contribution < 1.29 is 19.1 Å². The van der Waals surface area contributed by atoms with Crippen LogP contribution in [0.4, 0.5) is 0 Å². The number of nitrogens with one attached hydrogen (secondary N) is 2. The normalized spacial score (nSPS) is 11.7. The number of rotatable bonds is 9. The number of hydrogen-bond acceptors (Lipinski definition) is 4. The van der Waals surface area contributed by atoms with Gasteiger partial charge in [-0.25, -0.2) is 0 Å². The predicted octanol–water partition coefficient (Wildman–Crippen LogP) is 2.21. The van der Waals surface area contributed by atoms with Crippen molar-refractivity contribution in [2.75, 3.05) is 13.2 Å². The zero-order valence-electron chi connectivity index (χ0n) is 15.4. The molecule has 1 rings (SSSR count). The molecular formula is C19H28N2O4. The molecule has 0 aliphatic heterocycles. The van der Waals surface area contributed by atoms with E-state index in [1.165, 1.54) is 0 Å². The van der Waals surface area contributed by atoms with Crippen molar-refractivity contribution in [3.05, 3.63) is 35.4 Å². The number of hydrogen-bond donors (Lipinski definition) is 2. The maximum absolute atomic E-state index is 12.4. The van der Waals surface area contributed by atoms with Gasteiger partial charge in [-0.1, -0.05) is 32.0 Å². The van der Waals surface area contributed by atoms with Gasteiger partial charge in [-0.05, 0) is 37.8 Å². The summed E-state index contributed by atoms with van der Waals surface area (Å²) in [6.07, 6.45) is 0.761. The van der Waals surface area contributed by atoms with Crippen molar-refractivity contribution in [1.82, 2.24) is 10.6 Å². The van der Waals surface area contributed by atoms with Gasteiger partial charge in [-0.3, -0.25) is 14.4 Å². The summed E-state index contributed by atoms with van der Waals surface area (Å²) >= 11 is 0. The average Bonchev–Trinajstić information content (AvgIpc) is 2.56. The molecule has 0 spiro atoms. The van der Waals surface area contributed by atoms with Crippen LogP contribution in [0.2, 0.25) is 0 Å². The number of aryl methyl sites for hydroxylation is 1. The monoisotopic (exact) mass is 348 g/mol. The van der Waals surface area contributed by atoms with Gasteiger partial charge < -0.3 is 15.4 Å². The van der Waals surface area contributed by atoms with E-state index in [4.69, 9.17) is 4.74 Å². The van der Waals surface area contributed by atoms with E-state index in [1.54, 1.807) is 19.1 Å². The Hall–Kier alpha value is -2.37. The Kier molecular flexibility index (Phi) is 8.67. The van der Waals surface area contributed by atoms with Gasteiger partial charge in [0.25, 0.3) is 5.91 Å². The molecule has 0 heterocycles. The molecule has 2 N–H and O–H groups in total. The number of ether oxygens (including phenoxy) is 1. The molecule has 0 aliphatic rings. The minimum atomic E-state index is -0.630. The second-order valence-electron chi connectivity index (χ2n) is 6.21. The highest BCUT2D eigenvalue weighted by molar-refractivity contribution is 5.98. The third-order valence-electron chi connectivity index (χ3n) is 3.79. The molecule has 25 heavy (non-hydrogen) atoms. The van der Waals surface area contributed by atoms with Crippen molar-refractivity contribution in [3.63, 3.8) is 0 Å². The minimum absolute atomic E-state index is 0.0574. The summed E-state index contributed by atoms with van der Waals surface area (Å²) in [5.74, 6) is -0.845. The summed E-state index contributed by atoms with van der Waals surface area (Å²) in [5.41, 5.74) is 1.42. The SMILES string of the molecule is CCOC(=O)CCCNC(=O)C(NC(=O)c1ccccc1C)C(C)C. The molecule has 6 heteroatoms. The van der Waals surface area contributed by atoms with Crippen molar-refractivity contribution in [3.8, 4) is 0 Å². The molecule has 0 aliphatic carbocycles. The fourth-order valence-electron chi connectivity index (χ4n) is 2.37. The van der Waals surface area contributed by atoms with Crippen LogP contribution in [0.15, 0.2) is 24.3 Å². The topological polar surface area (TPSA) is 84.5 Å². The summed E-state index contributed by atoms with van der Waals surface area (Å²) in [6, 6.07) is 6.62. The molecule has 0 fully saturated rings. The highest BCUT2D eigenvalue weighted by atomic mass is 16.5. The van der Waals surface area contributed by atoms with Gasteiger partial charge in [-0.15, -0.1) is 0 Å². The fourth-order valence-corrected chi connectivity index (χ4v) is 2.37. The number of benzene rings is 1. The molecule has 6 nitrogen and oxygen atoms in total. The predicted molar refractivity (Wildman–Crippen MR) is 96.1 cm³/mol. The van der Waals surface area contributed by atoms with Gasteiger partial charge in [0.1, 0.15) is 6.04 Å². The maximum Gasteiger partial charge on any atom is 0.305 e. The summed E-state index contributed by atoms with van der Waals surface area (Å²) in [7, 11) is 0. The lowest BCUT2D eigenvalue weighted by molar-refractivity contribution is -0.143. The van der Waals surface area contributed by atoms with E-state index in [0.717, 1.165) is 5.56 Å². The Morgan fingerprint density at radius 3 is 2.44 bits per heavy atom. The lowest BCUT2D eigenvalue weighted by Crippen LogP contribution is -2.50. The summed E-state index contributed by atoms with van der Waals surface area (Å²) in [6.45, 7) is 8.08. The average molecular weight is 348 g/mol. The molecule has 0 radical (unpaired) electrons. The number of carbonyl (C=O) groups excluding carboxylic acids is 3. The van der Waals surface area contributed by atoms with Crippen LogP contribution in [-0.2, 0) is 14.3 Å². The van der Waals surface area contributed by atoms with Crippen LogP contribution in [0, 0.1) is 12.8 Å². The zero-order chi connectivity index (χ0) is 18.8. The Bertz CT molecular complexity index is 599. The Morgan fingerprint density at radius 1 is 1.16 bits per heavy atom. The van der Waals surface area contributed by atoms with Crippen LogP contribution in [0.3, 0.4) is 0 Å². The van der Waals surface area contributed by atoms with E-state index in [2.05, 4.69) is 10.6 Å². The van der Waals surface area contributed by atoms with Crippen molar-refractivity contribution >= 4 is 17.8 Å². The second kappa shape index (κ2) is 10.5. The molecular weight excluding hydrogens is 320 g/mol. The molecule has 1 atom stereocenters. The molecule has 1 unspecified atom stereocenters. The molecule has 138 valence electrons. The first-order chi connectivity index (χ1) is 11.9. The van der Waals surface area contributed by atoms with E-state index in [9.17, 15) is 14.4 Å². The second-order valence-corrected chi connectivity index (χ2v) is 6.21. The smallest absolute Gasteiger partial charge is 0.305 e.